The summed E-state index contributed by atoms with van der Waals surface area (Å²) in [6.07, 6.45) is 1.97. The van der Waals surface area contributed by atoms with Gasteiger partial charge in [0.25, 0.3) is 0 Å². The van der Waals surface area contributed by atoms with E-state index in [1.54, 1.807) is 7.11 Å². The predicted octanol–water partition coefficient (Wildman–Crippen LogP) is 3.84. The molecule has 0 bridgehead atoms. The van der Waals surface area contributed by atoms with Crippen LogP contribution >= 0.6 is 0 Å². The van der Waals surface area contributed by atoms with Gasteiger partial charge < -0.3 is 24.8 Å². The second-order valence-electron chi connectivity index (χ2n) is 6.77. The van der Waals surface area contributed by atoms with E-state index in [0.29, 0.717) is 18.8 Å². The predicted molar refractivity (Wildman–Crippen MR) is 109 cm³/mol. The van der Waals surface area contributed by atoms with Crippen molar-refractivity contribution in [1.82, 2.24) is 9.88 Å². The molecule has 1 saturated heterocycles. The van der Waals surface area contributed by atoms with E-state index in [4.69, 9.17) is 4.74 Å². The van der Waals surface area contributed by atoms with Crippen LogP contribution in [0, 0.1) is 6.92 Å². The highest BCUT2D eigenvalue weighted by Crippen LogP contribution is 2.29. The highest BCUT2D eigenvalue weighted by Gasteiger charge is 2.23. The first-order valence-corrected chi connectivity index (χ1v) is 9.18. The van der Waals surface area contributed by atoms with Gasteiger partial charge in [-0.2, -0.15) is 0 Å². The number of H-pyrrole nitrogens is 1. The van der Waals surface area contributed by atoms with Crippen LogP contribution < -0.4 is 15.0 Å². The van der Waals surface area contributed by atoms with Crippen LogP contribution in [0.3, 0.4) is 0 Å². The van der Waals surface area contributed by atoms with Crippen LogP contribution in [0.5, 0.6) is 5.75 Å². The van der Waals surface area contributed by atoms with Gasteiger partial charge in [0.15, 0.2) is 0 Å². The highest BCUT2D eigenvalue weighted by molar-refractivity contribution is 5.93. The molecule has 2 amide bonds. The van der Waals surface area contributed by atoms with Crippen molar-refractivity contribution < 1.29 is 9.53 Å². The Kier molecular flexibility index (Phi) is 4.62. The number of benzene rings is 2. The second kappa shape index (κ2) is 7.23. The minimum Gasteiger partial charge on any atom is -0.495 e. The Bertz CT molecular complexity index is 958. The number of nitrogens with zero attached hydrogens (tertiary/aromatic N) is 2. The standard InChI is InChI=1S/C21H24N4O2/c1-15-5-3-8-19(27-2)20(15)23-21(26)25-13-11-24(12-14-25)18-7-4-6-17-16(18)9-10-22-17/h3-10,22H,11-14H2,1-2H3,(H,23,26). The normalized spacial score (nSPS) is 14.4. The molecule has 0 radical (unpaired) electrons. The second-order valence-corrected chi connectivity index (χ2v) is 6.77. The molecule has 3 aromatic rings. The molecule has 1 aliphatic rings. The highest BCUT2D eigenvalue weighted by atomic mass is 16.5. The lowest BCUT2D eigenvalue weighted by molar-refractivity contribution is 0.208. The number of anilines is 2. The van der Waals surface area contributed by atoms with E-state index in [0.717, 1.165) is 29.9 Å². The number of aromatic amines is 1. The fraction of sp³-hybridized carbons (Fsp3) is 0.286. The maximum Gasteiger partial charge on any atom is 0.322 e. The van der Waals surface area contributed by atoms with Crippen molar-refractivity contribution >= 4 is 28.3 Å². The van der Waals surface area contributed by atoms with Crippen molar-refractivity contribution in [2.45, 2.75) is 6.92 Å². The third-order valence-corrected chi connectivity index (χ3v) is 5.17. The Morgan fingerprint density at radius 1 is 1.07 bits per heavy atom. The first-order valence-electron chi connectivity index (χ1n) is 9.18. The maximum atomic E-state index is 12.7. The van der Waals surface area contributed by atoms with E-state index < -0.39 is 0 Å². The van der Waals surface area contributed by atoms with Gasteiger partial charge >= 0.3 is 6.03 Å². The lowest BCUT2D eigenvalue weighted by atomic mass is 10.1. The molecule has 2 heterocycles. The number of hydrogen-bond acceptors (Lipinski definition) is 3. The van der Waals surface area contributed by atoms with Crippen LogP contribution in [-0.4, -0.2) is 49.2 Å². The topological polar surface area (TPSA) is 60.6 Å². The number of methoxy groups -OCH3 is 1. The molecule has 4 rings (SSSR count). The Morgan fingerprint density at radius 3 is 2.63 bits per heavy atom. The summed E-state index contributed by atoms with van der Waals surface area (Å²) in [4.78, 5) is 20.2. The zero-order valence-electron chi connectivity index (χ0n) is 15.7. The van der Waals surface area contributed by atoms with Crippen molar-refractivity contribution in [3.05, 3.63) is 54.2 Å². The van der Waals surface area contributed by atoms with Crippen molar-refractivity contribution in [3.8, 4) is 5.75 Å². The van der Waals surface area contributed by atoms with E-state index in [1.165, 1.54) is 11.1 Å². The minimum absolute atomic E-state index is 0.0814. The van der Waals surface area contributed by atoms with Crippen LogP contribution in [0.15, 0.2) is 48.7 Å². The number of rotatable bonds is 3. The number of carbonyl (C=O) groups excluding carboxylic acids is 1. The monoisotopic (exact) mass is 364 g/mol. The zero-order valence-corrected chi connectivity index (χ0v) is 15.7. The van der Waals surface area contributed by atoms with Crippen LogP contribution in [0.4, 0.5) is 16.2 Å². The summed E-state index contributed by atoms with van der Waals surface area (Å²) in [5.74, 6) is 0.682. The summed E-state index contributed by atoms with van der Waals surface area (Å²) in [5, 5.41) is 4.24. The molecular weight excluding hydrogens is 340 g/mol. The summed E-state index contributed by atoms with van der Waals surface area (Å²) in [7, 11) is 1.62. The minimum atomic E-state index is -0.0814. The molecule has 0 saturated carbocycles. The van der Waals surface area contributed by atoms with E-state index in [2.05, 4.69) is 39.5 Å². The number of aryl methyl sites for hydroxylation is 1. The van der Waals surface area contributed by atoms with Gasteiger partial charge in [-0.3, -0.25) is 0 Å². The Hall–Kier alpha value is -3.15. The Morgan fingerprint density at radius 2 is 1.85 bits per heavy atom. The number of nitrogens with one attached hydrogen (secondary N) is 2. The quantitative estimate of drug-likeness (QED) is 0.742. The smallest absolute Gasteiger partial charge is 0.322 e. The van der Waals surface area contributed by atoms with Gasteiger partial charge in [0, 0.05) is 49.0 Å². The van der Waals surface area contributed by atoms with Gasteiger partial charge in [0.1, 0.15) is 5.75 Å². The molecule has 27 heavy (non-hydrogen) atoms. The largest absolute Gasteiger partial charge is 0.495 e. The molecule has 140 valence electrons. The van der Waals surface area contributed by atoms with Gasteiger partial charge in [-0.15, -0.1) is 0 Å². The molecule has 2 N–H and O–H groups in total. The molecule has 0 unspecified atom stereocenters. The lowest BCUT2D eigenvalue weighted by Crippen LogP contribution is -2.50. The average molecular weight is 364 g/mol. The molecule has 6 heteroatoms. The van der Waals surface area contributed by atoms with Crippen molar-refractivity contribution in [2.75, 3.05) is 43.5 Å². The van der Waals surface area contributed by atoms with E-state index >= 15 is 0 Å². The number of fused-ring (bicyclic) bond motifs is 1. The summed E-state index contributed by atoms with van der Waals surface area (Å²) in [6.45, 7) is 4.94. The van der Waals surface area contributed by atoms with Gasteiger partial charge in [0.2, 0.25) is 0 Å². The third-order valence-electron chi connectivity index (χ3n) is 5.17. The number of para-hydroxylation sites is 1. The molecule has 0 aliphatic carbocycles. The molecule has 1 aromatic heterocycles. The number of hydrogen-bond donors (Lipinski definition) is 2. The van der Waals surface area contributed by atoms with Crippen molar-refractivity contribution in [2.24, 2.45) is 0 Å². The number of amides is 2. The molecule has 1 fully saturated rings. The molecule has 0 atom stereocenters. The van der Waals surface area contributed by atoms with Crippen LogP contribution in [0.25, 0.3) is 10.9 Å². The Balaban J connectivity index is 1.44. The number of urea groups is 1. The maximum absolute atomic E-state index is 12.7. The average Bonchev–Trinajstić information content (AvgIpc) is 3.18. The van der Waals surface area contributed by atoms with Crippen molar-refractivity contribution in [3.63, 3.8) is 0 Å². The number of carbonyl (C=O) groups is 1. The summed E-state index contributed by atoms with van der Waals surface area (Å²) in [6, 6.07) is 14.1. The van der Waals surface area contributed by atoms with E-state index in [-0.39, 0.29) is 6.03 Å². The summed E-state index contributed by atoms with van der Waals surface area (Å²) in [5.41, 5.74) is 4.08. The number of aromatic nitrogens is 1. The molecule has 6 nitrogen and oxygen atoms in total. The van der Waals surface area contributed by atoms with Gasteiger partial charge in [0.05, 0.1) is 12.8 Å². The fourth-order valence-corrected chi connectivity index (χ4v) is 3.65. The SMILES string of the molecule is COc1cccc(C)c1NC(=O)N1CCN(c2cccc3[nH]ccc23)CC1. The molecular formula is C21H24N4O2. The van der Waals surface area contributed by atoms with Crippen LogP contribution in [-0.2, 0) is 0 Å². The summed E-state index contributed by atoms with van der Waals surface area (Å²) >= 11 is 0. The van der Waals surface area contributed by atoms with Gasteiger partial charge in [-0.05, 0) is 36.8 Å². The van der Waals surface area contributed by atoms with Crippen molar-refractivity contribution in [1.29, 1.82) is 0 Å². The number of ether oxygens (including phenoxy) is 1. The molecule has 2 aromatic carbocycles. The van der Waals surface area contributed by atoms with Gasteiger partial charge in [-0.25, -0.2) is 4.79 Å². The first-order chi connectivity index (χ1) is 13.2. The molecule has 0 spiro atoms. The fourth-order valence-electron chi connectivity index (χ4n) is 3.65. The van der Waals surface area contributed by atoms with Crippen LogP contribution in [0.2, 0.25) is 0 Å². The Labute approximate surface area is 158 Å². The first kappa shape index (κ1) is 17.3. The lowest BCUT2D eigenvalue weighted by Gasteiger charge is -2.36. The van der Waals surface area contributed by atoms with Crippen LogP contribution in [0.1, 0.15) is 5.56 Å². The third kappa shape index (κ3) is 3.30. The number of piperazine rings is 1. The van der Waals surface area contributed by atoms with E-state index in [9.17, 15) is 4.79 Å². The zero-order chi connectivity index (χ0) is 18.8. The van der Waals surface area contributed by atoms with Gasteiger partial charge in [-0.1, -0.05) is 18.2 Å². The summed E-state index contributed by atoms with van der Waals surface area (Å²) < 4.78 is 5.38. The van der Waals surface area contributed by atoms with E-state index in [1.807, 2.05) is 36.2 Å². The molecule has 1 aliphatic heterocycles.